The average Bonchev–Trinajstić information content (AvgIpc) is 2.42. The number of pyridine rings is 1. The Kier molecular flexibility index (Phi) is 4.22. The Labute approximate surface area is 111 Å². The molecule has 0 aliphatic heterocycles. The molecule has 0 saturated carbocycles. The van der Waals surface area contributed by atoms with Crippen molar-refractivity contribution >= 4 is 0 Å². The fourth-order valence-electron chi connectivity index (χ4n) is 2.23. The highest BCUT2D eigenvalue weighted by molar-refractivity contribution is 5.36. The third-order valence-electron chi connectivity index (χ3n) is 3.20. The molecule has 2 nitrogen and oxygen atoms in total. The maximum Gasteiger partial charge on any atom is 0.131 e. The summed E-state index contributed by atoms with van der Waals surface area (Å²) in [6, 6.07) is 5.22. The van der Waals surface area contributed by atoms with E-state index in [1.54, 1.807) is 19.4 Å². The highest BCUT2D eigenvalue weighted by Crippen LogP contribution is 2.27. The normalized spacial score (nSPS) is 12.4. The van der Waals surface area contributed by atoms with E-state index >= 15 is 0 Å². The summed E-state index contributed by atoms with van der Waals surface area (Å²) in [6.07, 6.45) is 4.27. The first kappa shape index (κ1) is 13.6. The summed E-state index contributed by atoms with van der Waals surface area (Å²) in [6.45, 7) is 2.02. The predicted octanol–water partition coefficient (Wildman–Crippen LogP) is 3.23. The van der Waals surface area contributed by atoms with E-state index in [0.717, 1.165) is 23.6 Å². The van der Waals surface area contributed by atoms with Crippen LogP contribution in [0.1, 0.15) is 29.7 Å². The van der Waals surface area contributed by atoms with Crippen molar-refractivity contribution in [1.82, 2.24) is 10.3 Å². The van der Waals surface area contributed by atoms with Crippen molar-refractivity contribution in [3.8, 4) is 0 Å². The van der Waals surface area contributed by atoms with Gasteiger partial charge in [-0.05, 0) is 36.7 Å². The number of halogens is 2. The molecule has 1 aromatic carbocycles. The lowest BCUT2D eigenvalue weighted by Crippen LogP contribution is -2.20. The maximum atomic E-state index is 13.9. The smallest absolute Gasteiger partial charge is 0.131 e. The monoisotopic (exact) mass is 262 g/mol. The van der Waals surface area contributed by atoms with Gasteiger partial charge in [0.25, 0.3) is 0 Å². The van der Waals surface area contributed by atoms with E-state index in [9.17, 15) is 8.78 Å². The third-order valence-corrected chi connectivity index (χ3v) is 3.20. The zero-order valence-electron chi connectivity index (χ0n) is 11.0. The quantitative estimate of drug-likeness (QED) is 0.915. The molecule has 0 fully saturated rings. The Morgan fingerprint density at radius 3 is 2.63 bits per heavy atom. The number of nitrogens with zero attached hydrogens (tertiary/aromatic N) is 1. The van der Waals surface area contributed by atoms with Crippen LogP contribution in [0.2, 0.25) is 0 Å². The van der Waals surface area contributed by atoms with Crippen molar-refractivity contribution in [2.45, 2.75) is 19.4 Å². The first-order valence-electron chi connectivity index (χ1n) is 6.22. The van der Waals surface area contributed by atoms with E-state index in [1.807, 2.05) is 13.0 Å². The van der Waals surface area contributed by atoms with Gasteiger partial charge in [-0.1, -0.05) is 13.0 Å². The summed E-state index contributed by atoms with van der Waals surface area (Å²) in [7, 11) is 1.76. The van der Waals surface area contributed by atoms with Gasteiger partial charge in [0.1, 0.15) is 11.6 Å². The molecule has 0 radical (unpaired) electrons. The lowest BCUT2D eigenvalue weighted by molar-refractivity contribution is 0.550. The van der Waals surface area contributed by atoms with Gasteiger partial charge in [0.15, 0.2) is 0 Å². The maximum absolute atomic E-state index is 13.9. The number of aryl methyl sites for hydroxylation is 1. The molecule has 1 aromatic heterocycles. The zero-order valence-corrected chi connectivity index (χ0v) is 11.0. The predicted molar refractivity (Wildman–Crippen MR) is 70.9 cm³/mol. The zero-order chi connectivity index (χ0) is 13.8. The minimum atomic E-state index is -0.568. The van der Waals surface area contributed by atoms with Gasteiger partial charge in [-0.25, -0.2) is 8.78 Å². The number of hydrogen-bond donors (Lipinski definition) is 1. The molecule has 0 aliphatic rings. The van der Waals surface area contributed by atoms with Crippen molar-refractivity contribution in [2.24, 2.45) is 0 Å². The molecule has 19 heavy (non-hydrogen) atoms. The van der Waals surface area contributed by atoms with Gasteiger partial charge in [0.2, 0.25) is 0 Å². The SMILES string of the molecule is CCc1cnccc1C(NC)c1ccc(F)cc1F. The molecule has 1 N–H and O–H groups in total. The van der Waals surface area contributed by atoms with Crippen LogP contribution >= 0.6 is 0 Å². The Morgan fingerprint density at radius 1 is 1.21 bits per heavy atom. The van der Waals surface area contributed by atoms with Gasteiger partial charge in [-0.15, -0.1) is 0 Å². The first-order chi connectivity index (χ1) is 9.17. The van der Waals surface area contributed by atoms with Crippen molar-refractivity contribution in [3.05, 3.63) is 65.0 Å². The van der Waals surface area contributed by atoms with Crippen molar-refractivity contribution < 1.29 is 8.78 Å². The Bertz CT molecular complexity index is 570. The summed E-state index contributed by atoms with van der Waals surface area (Å²) in [5, 5.41) is 3.08. The molecule has 2 aromatic rings. The number of aromatic nitrogens is 1. The lowest BCUT2D eigenvalue weighted by Gasteiger charge is -2.20. The second-order valence-electron chi connectivity index (χ2n) is 4.32. The lowest BCUT2D eigenvalue weighted by atomic mass is 9.94. The molecule has 4 heteroatoms. The standard InChI is InChI=1S/C15H16F2N2/c1-3-10-9-19-7-6-12(10)15(18-2)13-5-4-11(16)8-14(13)17/h4-9,15,18H,3H2,1-2H3. The summed E-state index contributed by atoms with van der Waals surface area (Å²) >= 11 is 0. The molecule has 0 spiro atoms. The molecule has 2 rings (SSSR count). The van der Waals surface area contributed by atoms with Crippen LogP contribution in [0.3, 0.4) is 0 Å². The van der Waals surface area contributed by atoms with Crippen LogP contribution in [0.15, 0.2) is 36.7 Å². The van der Waals surface area contributed by atoms with Crippen LogP contribution in [-0.2, 0) is 6.42 Å². The van der Waals surface area contributed by atoms with Gasteiger partial charge in [0.05, 0.1) is 6.04 Å². The van der Waals surface area contributed by atoms with Gasteiger partial charge in [-0.2, -0.15) is 0 Å². The second-order valence-corrected chi connectivity index (χ2v) is 4.32. The summed E-state index contributed by atoms with van der Waals surface area (Å²) in [5.74, 6) is -1.11. The largest absolute Gasteiger partial charge is 0.309 e. The van der Waals surface area contributed by atoms with Crippen LogP contribution in [-0.4, -0.2) is 12.0 Å². The Morgan fingerprint density at radius 2 is 2.00 bits per heavy atom. The number of benzene rings is 1. The first-order valence-corrected chi connectivity index (χ1v) is 6.22. The number of rotatable bonds is 4. The topological polar surface area (TPSA) is 24.9 Å². The van der Waals surface area contributed by atoms with Crippen molar-refractivity contribution in [2.75, 3.05) is 7.05 Å². The summed E-state index contributed by atoms with van der Waals surface area (Å²) in [5.41, 5.74) is 2.45. The fraction of sp³-hybridized carbons (Fsp3) is 0.267. The number of nitrogens with one attached hydrogen (secondary N) is 1. The van der Waals surface area contributed by atoms with Crippen LogP contribution in [0, 0.1) is 11.6 Å². The number of hydrogen-bond acceptors (Lipinski definition) is 2. The molecule has 0 aliphatic carbocycles. The molecule has 0 saturated heterocycles. The average molecular weight is 262 g/mol. The van der Waals surface area contributed by atoms with Crippen LogP contribution in [0.5, 0.6) is 0 Å². The van der Waals surface area contributed by atoms with E-state index < -0.39 is 11.6 Å². The minimum absolute atomic E-state index is 0.307. The molecular formula is C15H16F2N2. The third kappa shape index (κ3) is 2.79. The minimum Gasteiger partial charge on any atom is -0.309 e. The fourth-order valence-corrected chi connectivity index (χ4v) is 2.23. The molecule has 100 valence electrons. The van der Waals surface area contributed by atoms with E-state index in [1.165, 1.54) is 12.1 Å². The summed E-state index contributed by atoms with van der Waals surface area (Å²) < 4.78 is 26.9. The van der Waals surface area contributed by atoms with Crippen molar-refractivity contribution in [3.63, 3.8) is 0 Å². The highest BCUT2D eigenvalue weighted by atomic mass is 19.1. The van der Waals surface area contributed by atoms with Gasteiger partial charge < -0.3 is 5.32 Å². The van der Waals surface area contributed by atoms with Gasteiger partial charge in [0, 0.05) is 24.0 Å². The van der Waals surface area contributed by atoms with Gasteiger partial charge >= 0.3 is 0 Å². The van der Waals surface area contributed by atoms with E-state index in [-0.39, 0.29) is 6.04 Å². The molecule has 0 bridgehead atoms. The molecule has 1 unspecified atom stereocenters. The van der Waals surface area contributed by atoms with Gasteiger partial charge in [-0.3, -0.25) is 4.98 Å². The van der Waals surface area contributed by atoms with E-state index in [2.05, 4.69) is 10.3 Å². The second kappa shape index (κ2) is 5.89. The van der Waals surface area contributed by atoms with E-state index in [0.29, 0.717) is 5.56 Å². The summed E-state index contributed by atoms with van der Waals surface area (Å²) in [4.78, 5) is 4.08. The van der Waals surface area contributed by atoms with Crippen LogP contribution < -0.4 is 5.32 Å². The molecular weight excluding hydrogens is 246 g/mol. The van der Waals surface area contributed by atoms with Crippen molar-refractivity contribution in [1.29, 1.82) is 0 Å². The molecule has 0 amide bonds. The highest BCUT2D eigenvalue weighted by Gasteiger charge is 2.18. The van der Waals surface area contributed by atoms with E-state index in [4.69, 9.17) is 0 Å². The Balaban J connectivity index is 2.50. The van der Waals surface area contributed by atoms with Crippen LogP contribution in [0.4, 0.5) is 8.78 Å². The van der Waals surface area contributed by atoms with Crippen LogP contribution in [0.25, 0.3) is 0 Å². The molecule has 1 heterocycles. The Hall–Kier alpha value is -1.81. The molecule has 1 atom stereocenters.